The zero-order valence-corrected chi connectivity index (χ0v) is 13.4. The summed E-state index contributed by atoms with van der Waals surface area (Å²) in [5, 5.41) is 2.84. The van der Waals surface area contributed by atoms with Crippen LogP contribution in [0.2, 0.25) is 0 Å². The van der Waals surface area contributed by atoms with Crippen LogP contribution in [0.5, 0.6) is 0 Å². The van der Waals surface area contributed by atoms with E-state index in [1.807, 2.05) is 30.3 Å². The molecule has 2 aromatic carbocycles. The Morgan fingerprint density at radius 3 is 2.29 bits per heavy atom. The largest absolute Gasteiger partial charge is 0.383 e. The predicted octanol–water partition coefficient (Wildman–Crippen LogP) is 3.46. The number of hydrogen-bond donors (Lipinski definition) is 1. The molecule has 4 heteroatoms. The quantitative estimate of drug-likeness (QED) is 0.466. The van der Waals surface area contributed by atoms with Gasteiger partial charge in [0.25, 0.3) is 0 Å². The van der Waals surface area contributed by atoms with E-state index in [0.717, 1.165) is 3.57 Å². The van der Waals surface area contributed by atoms with E-state index in [0.29, 0.717) is 11.1 Å². The van der Waals surface area contributed by atoms with E-state index in [1.165, 1.54) is 12.3 Å². The Hall–Kier alpha value is -1.95. The maximum atomic E-state index is 11.9. The molecule has 0 bridgehead atoms. The van der Waals surface area contributed by atoms with E-state index in [9.17, 15) is 9.59 Å². The van der Waals surface area contributed by atoms with Gasteiger partial charge in [0.1, 0.15) is 0 Å². The SMILES string of the molecule is O=C(/C=C\NCC(=O)c1ccccc1)c1ccc(I)cc1. The summed E-state index contributed by atoms with van der Waals surface area (Å²) in [6.45, 7) is 0.167. The fraction of sp³-hybridized carbons (Fsp3) is 0.0588. The van der Waals surface area contributed by atoms with Gasteiger partial charge in [0.15, 0.2) is 11.6 Å². The Bertz CT molecular complexity index is 648. The maximum absolute atomic E-state index is 11.9. The molecule has 0 radical (unpaired) electrons. The smallest absolute Gasteiger partial charge is 0.187 e. The molecule has 0 fully saturated rings. The zero-order valence-electron chi connectivity index (χ0n) is 11.3. The van der Waals surface area contributed by atoms with Crippen molar-refractivity contribution in [2.75, 3.05) is 6.54 Å². The van der Waals surface area contributed by atoms with Crippen LogP contribution in [-0.4, -0.2) is 18.1 Å². The second kappa shape index (κ2) is 7.73. The first-order valence-corrected chi connectivity index (χ1v) is 7.53. The Balaban J connectivity index is 1.84. The van der Waals surface area contributed by atoms with Gasteiger partial charge in [-0.1, -0.05) is 42.5 Å². The van der Waals surface area contributed by atoms with E-state index < -0.39 is 0 Å². The molecule has 2 aromatic rings. The third kappa shape index (κ3) is 4.82. The highest BCUT2D eigenvalue weighted by Gasteiger charge is 2.03. The van der Waals surface area contributed by atoms with Crippen molar-refractivity contribution in [3.05, 3.63) is 81.6 Å². The van der Waals surface area contributed by atoms with Gasteiger partial charge in [0, 0.05) is 27.0 Å². The fourth-order valence-corrected chi connectivity index (χ4v) is 2.08. The number of rotatable bonds is 6. The molecule has 0 aliphatic rings. The molecule has 0 amide bonds. The van der Waals surface area contributed by atoms with Gasteiger partial charge in [-0.15, -0.1) is 0 Å². The van der Waals surface area contributed by atoms with Gasteiger partial charge in [-0.2, -0.15) is 0 Å². The van der Waals surface area contributed by atoms with Gasteiger partial charge < -0.3 is 5.32 Å². The molecular weight excluding hydrogens is 377 g/mol. The number of nitrogens with one attached hydrogen (secondary N) is 1. The lowest BCUT2D eigenvalue weighted by molar-refractivity contribution is 0.0992. The summed E-state index contributed by atoms with van der Waals surface area (Å²) in [7, 11) is 0. The second-order valence-corrected chi connectivity index (χ2v) is 5.62. The molecule has 0 heterocycles. The van der Waals surface area contributed by atoms with Gasteiger partial charge in [-0.05, 0) is 34.7 Å². The number of benzene rings is 2. The summed E-state index contributed by atoms with van der Waals surface area (Å²) in [4.78, 5) is 23.7. The summed E-state index contributed by atoms with van der Waals surface area (Å²) in [6, 6.07) is 16.4. The number of carbonyl (C=O) groups excluding carboxylic acids is 2. The number of allylic oxidation sites excluding steroid dienone is 1. The third-order valence-electron chi connectivity index (χ3n) is 2.84. The third-order valence-corrected chi connectivity index (χ3v) is 3.56. The van der Waals surface area contributed by atoms with Crippen molar-refractivity contribution in [3.8, 4) is 0 Å². The first-order valence-electron chi connectivity index (χ1n) is 6.45. The highest BCUT2D eigenvalue weighted by Crippen LogP contribution is 2.07. The van der Waals surface area contributed by atoms with Crippen molar-refractivity contribution in [1.29, 1.82) is 0 Å². The molecule has 21 heavy (non-hydrogen) atoms. The molecule has 1 N–H and O–H groups in total. The summed E-state index contributed by atoms with van der Waals surface area (Å²) in [6.07, 6.45) is 2.95. The Labute approximate surface area is 137 Å². The van der Waals surface area contributed by atoms with Gasteiger partial charge in [-0.25, -0.2) is 0 Å². The molecule has 0 unspecified atom stereocenters. The average molecular weight is 391 g/mol. The van der Waals surface area contributed by atoms with Crippen LogP contribution in [0.25, 0.3) is 0 Å². The summed E-state index contributed by atoms with van der Waals surface area (Å²) >= 11 is 2.19. The van der Waals surface area contributed by atoms with E-state index >= 15 is 0 Å². The molecule has 0 aromatic heterocycles. The molecule has 2 rings (SSSR count). The highest BCUT2D eigenvalue weighted by atomic mass is 127. The lowest BCUT2D eigenvalue weighted by atomic mass is 10.1. The number of halogens is 1. The van der Waals surface area contributed by atoms with Crippen LogP contribution in [0.15, 0.2) is 66.9 Å². The molecule has 0 aliphatic heterocycles. The van der Waals surface area contributed by atoms with Crippen LogP contribution in [0.3, 0.4) is 0 Å². The number of carbonyl (C=O) groups is 2. The monoisotopic (exact) mass is 391 g/mol. The zero-order chi connectivity index (χ0) is 15.1. The Morgan fingerprint density at radius 1 is 0.952 bits per heavy atom. The van der Waals surface area contributed by atoms with Crippen LogP contribution < -0.4 is 5.32 Å². The van der Waals surface area contributed by atoms with Crippen LogP contribution in [0.4, 0.5) is 0 Å². The van der Waals surface area contributed by atoms with E-state index in [4.69, 9.17) is 0 Å². The topological polar surface area (TPSA) is 46.2 Å². The first-order chi connectivity index (χ1) is 10.2. The van der Waals surface area contributed by atoms with Crippen molar-refractivity contribution in [2.24, 2.45) is 0 Å². The number of Topliss-reactive ketones (excluding diaryl/α,β-unsaturated/α-hetero) is 1. The minimum atomic E-state index is -0.0916. The van der Waals surface area contributed by atoms with Gasteiger partial charge >= 0.3 is 0 Å². The second-order valence-electron chi connectivity index (χ2n) is 4.37. The highest BCUT2D eigenvalue weighted by molar-refractivity contribution is 14.1. The van der Waals surface area contributed by atoms with Gasteiger partial charge in [0.05, 0.1) is 6.54 Å². The summed E-state index contributed by atoms with van der Waals surface area (Å²) in [5.41, 5.74) is 1.28. The minimum absolute atomic E-state index is 0.0121. The molecule has 3 nitrogen and oxygen atoms in total. The lowest BCUT2D eigenvalue weighted by Gasteiger charge is -2.00. The Morgan fingerprint density at radius 2 is 1.62 bits per heavy atom. The molecule has 106 valence electrons. The first kappa shape index (κ1) is 15.4. The Kier molecular flexibility index (Phi) is 5.68. The van der Waals surface area contributed by atoms with Crippen molar-refractivity contribution in [1.82, 2.24) is 5.32 Å². The van der Waals surface area contributed by atoms with E-state index in [-0.39, 0.29) is 18.1 Å². The van der Waals surface area contributed by atoms with Crippen molar-refractivity contribution in [3.63, 3.8) is 0 Å². The number of ketones is 2. The van der Waals surface area contributed by atoms with Crippen LogP contribution in [0, 0.1) is 3.57 Å². The minimum Gasteiger partial charge on any atom is -0.383 e. The molecule has 0 saturated heterocycles. The van der Waals surface area contributed by atoms with Crippen LogP contribution in [-0.2, 0) is 0 Å². The summed E-state index contributed by atoms with van der Waals surface area (Å²) < 4.78 is 1.08. The van der Waals surface area contributed by atoms with Crippen LogP contribution in [0.1, 0.15) is 20.7 Å². The molecular formula is C17H14INO2. The number of hydrogen-bond acceptors (Lipinski definition) is 3. The summed E-state index contributed by atoms with van der Waals surface area (Å²) in [5.74, 6) is -0.104. The fourth-order valence-electron chi connectivity index (χ4n) is 1.72. The maximum Gasteiger partial charge on any atom is 0.187 e. The van der Waals surface area contributed by atoms with E-state index in [2.05, 4.69) is 27.9 Å². The van der Waals surface area contributed by atoms with Crippen molar-refractivity contribution < 1.29 is 9.59 Å². The molecule has 0 atom stereocenters. The van der Waals surface area contributed by atoms with Gasteiger partial charge in [-0.3, -0.25) is 9.59 Å². The standard InChI is InChI=1S/C17H14INO2/c18-15-8-6-14(7-9-15)16(20)10-11-19-12-17(21)13-4-2-1-3-5-13/h1-11,19H,12H2/b11-10-. The average Bonchev–Trinajstić information content (AvgIpc) is 2.52. The normalized spacial score (nSPS) is 10.5. The van der Waals surface area contributed by atoms with E-state index in [1.54, 1.807) is 24.3 Å². The molecule has 0 saturated carbocycles. The van der Waals surface area contributed by atoms with Crippen LogP contribution >= 0.6 is 22.6 Å². The molecule has 0 aliphatic carbocycles. The van der Waals surface area contributed by atoms with Gasteiger partial charge in [0.2, 0.25) is 0 Å². The molecule has 0 spiro atoms. The van der Waals surface area contributed by atoms with Crippen molar-refractivity contribution >= 4 is 34.2 Å². The van der Waals surface area contributed by atoms with Crippen molar-refractivity contribution in [2.45, 2.75) is 0 Å². The predicted molar refractivity (Wildman–Crippen MR) is 91.4 cm³/mol. The lowest BCUT2D eigenvalue weighted by Crippen LogP contribution is -2.18.